The average Bonchev–Trinajstić information content (AvgIpc) is 2.62. The molecule has 0 aromatic carbocycles. The molecule has 11 heteroatoms. The largest absolute Gasteiger partial charge is 0.405 e. The van der Waals surface area contributed by atoms with Gasteiger partial charge in [-0.2, -0.15) is 13.2 Å². The molecule has 6 nitrogen and oxygen atoms in total. The molecule has 0 aliphatic heterocycles. The van der Waals surface area contributed by atoms with Crippen molar-refractivity contribution in [3.63, 3.8) is 0 Å². The monoisotopic (exact) mass is 345 g/mol. The molecule has 0 saturated heterocycles. The first-order chi connectivity index (χ1) is 9.47. The van der Waals surface area contributed by atoms with Gasteiger partial charge in [0.15, 0.2) is 9.84 Å². The maximum Gasteiger partial charge on any atom is 0.405 e. The zero-order valence-electron chi connectivity index (χ0n) is 11.2. The van der Waals surface area contributed by atoms with E-state index in [9.17, 15) is 26.4 Å². The number of nitrogens with two attached hydrogens (primary N) is 1. The number of nitrogen functional groups attached to an aromatic ring is 1. The Kier molecular flexibility index (Phi) is 5.10. The number of carbonyl (C=O) groups excluding carboxylic acids is 1. The summed E-state index contributed by atoms with van der Waals surface area (Å²) in [5.74, 6) is -0.634. The van der Waals surface area contributed by atoms with E-state index in [0.29, 0.717) is 11.3 Å². The van der Waals surface area contributed by atoms with Crippen molar-refractivity contribution in [3.8, 4) is 0 Å². The molecule has 0 unspecified atom stereocenters. The molecule has 4 N–H and O–H groups in total. The second-order valence-electron chi connectivity index (χ2n) is 4.10. The van der Waals surface area contributed by atoms with Crippen LogP contribution in [0.25, 0.3) is 0 Å². The van der Waals surface area contributed by atoms with Crippen LogP contribution in [0.5, 0.6) is 0 Å². The fraction of sp³-hybridized carbons (Fsp3) is 0.500. The Morgan fingerprint density at radius 1 is 1.38 bits per heavy atom. The van der Waals surface area contributed by atoms with E-state index in [1.165, 1.54) is 0 Å². The van der Waals surface area contributed by atoms with Gasteiger partial charge in [-0.1, -0.05) is 0 Å². The lowest BCUT2D eigenvalue weighted by atomic mass is 10.3. The zero-order chi connectivity index (χ0) is 16.4. The summed E-state index contributed by atoms with van der Waals surface area (Å²) in [4.78, 5) is 11.1. The Morgan fingerprint density at radius 3 is 2.38 bits per heavy atom. The van der Waals surface area contributed by atoms with E-state index >= 15 is 0 Å². The van der Waals surface area contributed by atoms with E-state index in [1.54, 1.807) is 6.92 Å². The molecule has 21 heavy (non-hydrogen) atoms. The number of carbonyl (C=O) groups is 1. The normalized spacial score (nSPS) is 12.2. The molecule has 0 atom stereocenters. The number of sulfone groups is 1. The topological polar surface area (TPSA) is 101 Å². The first-order valence-electron chi connectivity index (χ1n) is 5.68. The van der Waals surface area contributed by atoms with E-state index in [-0.39, 0.29) is 22.1 Å². The molecular weight excluding hydrogens is 331 g/mol. The molecule has 1 aromatic heterocycles. The summed E-state index contributed by atoms with van der Waals surface area (Å²) in [5, 5.41) is 4.09. The zero-order valence-corrected chi connectivity index (χ0v) is 12.8. The molecule has 1 rings (SSSR count). The molecule has 0 bridgehead atoms. The van der Waals surface area contributed by atoms with Crippen LogP contribution in [0.3, 0.4) is 0 Å². The van der Waals surface area contributed by atoms with Crippen molar-refractivity contribution in [1.82, 2.24) is 5.32 Å². The summed E-state index contributed by atoms with van der Waals surface area (Å²) in [6, 6.07) is 0. The third kappa shape index (κ3) is 4.49. The van der Waals surface area contributed by atoms with E-state index in [4.69, 9.17) is 5.73 Å². The second-order valence-corrected chi connectivity index (χ2v) is 7.08. The number of amides is 1. The van der Waals surface area contributed by atoms with Gasteiger partial charge in [0.1, 0.15) is 21.3 Å². The molecule has 0 saturated carbocycles. The Bertz CT molecular complexity index is 638. The van der Waals surface area contributed by atoms with Gasteiger partial charge in [0, 0.05) is 12.8 Å². The first-order valence-corrected chi connectivity index (χ1v) is 8.39. The van der Waals surface area contributed by atoms with E-state index in [1.807, 2.05) is 5.32 Å². The molecule has 0 spiro atoms. The quantitative estimate of drug-likeness (QED) is 0.750. The van der Waals surface area contributed by atoms with E-state index in [2.05, 4.69) is 5.32 Å². The number of hydrogen-bond acceptors (Lipinski definition) is 6. The number of hydrogen-bond donors (Lipinski definition) is 3. The molecule has 0 fully saturated rings. The van der Waals surface area contributed by atoms with Gasteiger partial charge in [0.25, 0.3) is 5.91 Å². The van der Waals surface area contributed by atoms with Crippen molar-refractivity contribution in [3.05, 3.63) is 4.88 Å². The minimum absolute atomic E-state index is 0.137. The predicted molar refractivity (Wildman–Crippen MR) is 74.4 cm³/mol. The fourth-order valence-corrected chi connectivity index (χ4v) is 3.99. The lowest BCUT2D eigenvalue weighted by molar-refractivity contribution is -0.115. The maximum atomic E-state index is 12.2. The predicted octanol–water partition coefficient (Wildman–Crippen LogP) is 1.46. The third-order valence-electron chi connectivity index (χ3n) is 2.26. The number of alkyl halides is 3. The van der Waals surface area contributed by atoms with Crippen molar-refractivity contribution >= 4 is 37.8 Å². The van der Waals surface area contributed by atoms with Crippen LogP contribution in [0.15, 0.2) is 4.90 Å². The molecule has 0 radical (unpaired) electrons. The highest BCUT2D eigenvalue weighted by atomic mass is 32.2. The van der Waals surface area contributed by atoms with Crippen LogP contribution in [0.2, 0.25) is 0 Å². The second kappa shape index (κ2) is 6.10. The summed E-state index contributed by atoms with van der Waals surface area (Å²) in [5.41, 5.74) is 5.26. The van der Waals surface area contributed by atoms with Crippen LogP contribution < -0.4 is 16.4 Å². The van der Waals surface area contributed by atoms with Gasteiger partial charge in [0.2, 0.25) is 0 Å². The molecule has 1 amide bonds. The highest BCUT2D eigenvalue weighted by molar-refractivity contribution is 7.91. The average molecular weight is 345 g/mol. The maximum absolute atomic E-state index is 12.2. The number of halogens is 3. The van der Waals surface area contributed by atoms with Crippen molar-refractivity contribution in [2.45, 2.75) is 18.0 Å². The van der Waals surface area contributed by atoms with Crippen LogP contribution in [0.1, 0.15) is 16.6 Å². The van der Waals surface area contributed by atoms with Gasteiger partial charge in [-0.15, -0.1) is 11.3 Å². The van der Waals surface area contributed by atoms with Gasteiger partial charge in [0.05, 0.1) is 5.69 Å². The Balaban J connectivity index is 3.29. The summed E-state index contributed by atoms with van der Waals surface area (Å²) < 4.78 is 60.0. The smallest absolute Gasteiger partial charge is 0.396 e. The van der Waals surface area contributed by atoms with Crippen molar-refractivity contribution < 1.29 is 26.4 Å². The fourth-order valence-electron chi connectivity index (χ4n) is 1.50. The summed E-state index contributed by atoms with van der Waals surface area (Å²) in [6.45, 7) is 0.488. The standard InChI is InChI=1S/C10H14F3N3O3S2/c1-3-15-8(17)6-5(14)7(21(2,18)19)9(20-6)16-4-10(11,12)13/h16H,3-4,14H2,1-2H3,(H,15,17). The summed E-state index contributed by atoms with van der Waals surface area (Å²) in [6.07, 6.45) is -3.72. The summed E-state index contributed by atoms with van der Waals surface area (Å²) in [7, 11) is -3.88. The van der Waals surface area contributed by atoms with Crippen LogP contribution in [-0.2, 0) is 9.84 Å². The Hall–Kier alpha value is -1.49. The molecule has 0 aliphatic rings. The molecule has 1 aromatic rings. The molecular formula is C10H14F3N3O3S2. The van der Waals surface area contributed by atoms with Crippen LogP contribution >= 0.6 is 11.3 Å². The van der Waals surface area contributed by atoms with Gasteiger partial charge in [-0.05, 0) is 6.92 Å². The van der Waals surface area contributed by atoms with Gasteiger partial charge in [-0.3, -0.25) is 4.79 Å². The third-order valence-corrected chi connectivity index (χ3v) is 4.72. The van der Waals surface area contributed by atoms with E-state index < -0.39 is 33.4 Å². The Morgan fingerprint density at radius 2 is 1.95 bits per heavy atom. The number of anilines is 2. The van der Waals surface area contributed by atoms with Crippen LogP contribution in [0.4, 0.5) is 23.9 Å². The van der Waals surface area contributed by atoms with Crippen LogP contribution in [-0.4, -0.2) is 39.8 Å². The Labute approximate surface area is 123 Å². The lowest BCUT2D eigenvalue weighted by Gasteiger charge is -2.09. The number of thiophene rings is 1. The van der Waals surface area contributed by atoms with Gasteiger partial charge < -0.3 is 16.4 Å². The van der Waals surface area contributed by atoms with E-state index in [0.717, 1.165) is 6.26 Å². The van der Waals surface area contributed by atoms with Gasteiger partial charge in [-0.25, -0.2) is 8.42 Å². The highest BCUT2D eigenvalue weighted by Gasteiger charge is 2.31. The van der Waals surface area contributed by atoms with Crippen molar-refractivity contribution in [2.24, 2.45) is 0 Å². The van der Waals surface area contributed by atoms with Crippen molar-refractivity contribution in [2.75, 3.05) is 30.4 Å². The first kappa shape index (κ1) is 17.6. The molecule has 1 heterocycles. The molecule has 120 valence electrons. The highest BCUT2D eigenvalue weighted by Crippen LogP contribution is 2.39. The lowest BCUT2D eigenvalue weighted by Crippen LogP contribution is -2.22. The molecule has 0 aliphatic carbocycles. The van der Waals surface area contributed by atoms with Crippen LogP contribution in [0, 0.1) is 0 Å². The minimum atomic E-state index is -4.53. The number of nitrogens with one attached hydrogen (secondary N) is 2. The summed E-state index contributed by atoms with van der Waals surface area (Å²) >= 11 is 0.574. The SMILES string of the molecule is CCNC(=O)c1sc(NCC(F)(F)F)c(S(C)(=O)=O)c1N. The van der Waals surface area contributed by atoms with Gasteiger partial charge >= 0.3 is 6.18 Å². The minimum Gasteiger partial charge on any atom is -0.396 e. The van der Waals surface area contributed by atoms with Crippen molar-refractivity contribution in [1.29, 1.82) is 0 Å². The number of rotatable bonds is 5.